The molecular weight excluding hydrogens is 664 g/mol. The summed E-state index contributed by atoms with van der Waals surface area (Å²) in [5.74, 6) is 2.60. The van der Waals surface area contributed by atoms with E-state index in [0.717, 1.165) is 20.1 Å². The number of carbonyl (C=O) groups is 2. The van der Waals surface area contributed by atoms with Crippen LogP contribution in [0.5, 0.6) is 23.0 Å². The summed E-state index contributed by atoms with van der Waals surface area (Å²) in [6, 6.07) is 25.6. The standard InChI is InChI=1S/2C17H15BrO3/c2*1-20-13-9-7-12(17(11-13)21-2)8-10-16(19)14-5-3-4-6-15(14)18/h2*3-11H,1-2H3/b2*10-8+. The van der Waals surface area contributed by atoms with Gasteiger partial charge in [-0.05, 0) is 72.8 Å². The van der Waals surface area contributed by atoms with Crippen LogP contribution in [-0.2, 0) is 0 Å². The quantitative estimate of drug-likeness (QED) is 0.122. The van der Waals surface area contributed by atoms with Crippen LogP contribution in [0, 0.1) is 0 Å². The third kappa shape index (κ3) is 8.93. The van der Waals surface area contributed by atoms with Crippen molar-refractivity contribution in [3.05, 3.63) is 128 Å². The summed E-state index contributed by atoms with van der Waals surface area (Å²) in [6.45, 7) is 0. The molecular formula is C34H30Br2O6. The van der Waals surface area contributed by atoms with E-state index in [2.05, 4.69) is 31.9 Å². The van der Waals surface area contributed by atoms with Crippen molar-refractivity contribution in [1.29, 1.82) is 0 Å². The van der Waals surface area contributed by atoms with Gasteiger partial charge >= 0.3 is 0 Å². The first kappa shape index (κ1) is 32.4. The summed E-state index contributed by atoms with van der Waals surface area (Å²) >= 11 is 6.75. The predicted octanol–water partition coefficient (Wildman–Crippen LogP) is 8.72. The molecule has 42 heavy (non-hydrogen) atoms. The lowest BCUT2D eigenvalue weighted by Crippen LogP contribution is -1.95. The zero-order chi connectivity index (χ0) is 30.5. The van der Waals surface area contributed by atoms with Crippen LogP contribution < -0.4 is 18.9 Å². The Bertz CT molecular complexity index is 1470. The van der Waals surface area contributed by atoms with Gasteiger partial charge in [-0.15, -0.1) is 0 Å². The smallest absolute Gasteiger partial charge is 0.186 e. The molecule has 0 atom stereocenters. The van der Waals surface area contributed by atoms with E-state index in [1.165, 1.54) is 12.2 Å². The summed E-state index contributed by atoms with van der Waals surface area (Å²) in [7, 11) is 6.37. The fraction of sp³-hybridized carbons (Fsp3) is 0.118. The highest BCUT2D eigenvalue weighted by Crippen LogP contribution is 2.27. The molecule has 0 N–H and O–H groups in total. The zero-order valence-corrected chi connectivity index (χ0v) is 26.8. The minimum Gasteiger partial charge on any atom is -0.497 e. The predicted molar refractivity (Wildman–Crippen MR) is 174 cm³/mol. The highest BCUT2D eigenvalue weighted by Gasteiger charge is 2.08. The molecule has 216 valence electrons. The Balaban J connectivity index is 0.000000230. The largest absolute Gasteiger partial charge is 0.497 e. The molecule has 0 unspecified atom stereocenters. The van der Waals surface area contributed by atoms with Crippen LogP contribution >= 0.6 is 31.9 Å². The van der Waals surface area contributed by atoms with E-state index < -0.39 is 0 Å². The Kier molecular flexibility index (Phi) is 12.6. The maximum Gasteiger partial charge on any atom is 0.186 e. The van der Waals surface area contributed by atoms with Crippen molar-refractivity contribution in [1.82, 2.24) is 0 Å². The summed E-state index contributed by atoms with van der Waals surface area (Å²) in [5, 5.41) is 0. The first-order valence-electron chi connectivity index (χ1n) is 12.7. The average Bonchev–Trinajstić information content (AvgIpc) is 3.03. The number of hydrogen-bond donors (Lipinski definition) is 0. The van der Waals surface area contributed by atoms with Crippen LogP contribution in [0.1, 0.15) is 31.8 Å². The lowest BCUT2D eigenvalue weighted by atomic mass is 10.1. The zero-order valence-electron chi connectivity index (χ0n) is 23.6. The molecule has 6 nitrogen and oxygen atoms in total. The molecule has 0 saturated heterocycles. The maximum absolute atomic E-state index is 12.2. The molecule has 0 spiro atoms. The van der Waals surface area contributed by atoms with Gasteiger partial charge in [0.1, 0.15) is 23.0 Å². The molecule has 4 aromatic carbocycles. The number of halogens is 2. The number of benzene rings is 4. The highest BCUT2D eigenvalue weighted by molar-refractivity contribution is 9.10. The number of ether oxygens (including phenoxy) is 4. The van der Waals surface area contributed by atoms with Crippen LogP contribution in [0.15, 0.2) is 106 Å². The summed E-state index contributed by atoms with van der Waals surface area (Å²) < 4.78 is 22.4. The van der Waals surface area contributed by atoms with E-state index in [1.54, 1.807) is 64.9 Å². The van der Waals surface area contributed by atoms with E-state index in [0.29, 0.717) is 34.1 Å². The topological polar surface area (TPSA) is 71.1 Å². The number of allylic oxidation sites excluding steroid dienone is 2. The summed E-state index contributed by atoms with van der Waals surface area (Å²) in [4.78, 5) is 24.4. The summed E-state index contributed by atoms with van der Waals surface area (Å²) in [5.41, 5.74) is 2.89. The van der Waals surface area contributed by atoms with E-state index in [9.17, 15) is 9.59 Å². The lowest BCUT2D eigenvalue weighted by Gasteiger charge is -2.07. The molecule has 0 bridgehead atoms. The van der Waals surface area contributed by atoms with Crippen LogP contribution in [-0.4, -0.2) is 40.0 Å². The van der Waals surface area contributed by atoms with Gasteiger partial charge in [-0.25, -0.2) is 0 Å². The van der Waals surface area contributed by atoms with Crippen molar-refractivity contribution in [3.8, 4) is 23.0 Å². The van der Waals surface area contributed by atoms with Crippen molar-refractivity contribution >= 4 is 55.6 Å². The van der Waals surface area contributed by atoms with Gasteiger partial charge in [0.2, 0.25) is 0 Å². The van der Waals surface area contributed by atoms with Crippen LogP contribution in [0.2, 0.25) is 0 Å². The van der Waals surface area contributed by atoms with Crippen molar-refractivity contribution in [2.75, 3.05) is 28.4 Å². The molecule has 0 aliphatic rings. The monoisotopic (exact) mass is 692 g/mol. The van der Waals surface area contributed by atoms with Crippen molar-refractivity contribution < 1.29 is 28.5 Å². The number of carbonyl (C=O) groups excluding carboxylic acids is 2. The second-order valence-corrected chi connectivity index (χ2v) is 10.3. The van der Waals surface area contributed by atoms with Gasteiger partial charge in [-0.1, -0.05) is 56.1 Å². The average molecular weight is 694 g/mol. The van der Waals surface area contributed by atoms with Gasteiger partial charge in [-0.3, -0.25) is 9.59 Å². The number of ketones is 2. The van der Waals surface area contributed by atoms with Crippen LogP contribution in [0.3, 0.4) is 0 Å². The Labute approximate surface area is 262 Å². The third-order valence-electron chi connectivity index (χ3n) is 5.99. The fourth-order valence-corrected chi connectivity index (χ4v) is 4.71. The van der Waals surface area contributed by atoms with E-state index in [-0.39, 0.29) is 11.6 Å². The van der Waals surface area contributed by atoms with Gasteiger partial charge in [-0.2, -0.15) is 0 Å². The highest BCUT2D eigenvalue weighted by atomic mass is 79.9. The van der Waals surface area contributed by atoms with Crippen molar-refractivity contribution in [3.63, 3.8) is 0 Å². The lowest BCUT2D eigenvalue weighted by molar-refractivity contribution is 0.103. The maximum atomic E-state index is 12.2. The Morgan fingerprint density at radius 1 is 0.548 bits per heavy atom. The molecule has 0 aliphatic carbocycles. The fourth-order valence-electron chi connectivity index (χ4n) is 3.74. The first-order chi connectivity index (χ1) is 20.3. The molecule has 4 aromatic rings. The van der Waals surface area contributed by atoms with Crippen molar-refractivity contribution in [2.45, 2.75) is 0 Å². The van der Waals surface area contributed by atoms with Gasteiger partial charge < -0.3 is 18.9 Å². The Morgan fingerprint density at radius 3 is 1.26 bits per heavy atom. The van der Waals surface area contributed by atoms with Crippen LogP contribution in [0.4, 0.5) is 0 Å². The van der Waals surface area contributed by atoms with E-state index in [4.69, 9.17) is 18.9 Å². The molecule has 0 radical (unpaired) electrons. The molecule has 0 saturated carbocycles. The third-order valence-corrected chi connectivity index (χ3v) is 7.37. The second kappa shape index (κ2) is 16.3. The summed E-state index contributed by atoms with van der Waals surface area (Å²) in [6.07, 6.45) is 6.54. The van der Waals surface area contributed by atoms with Crippen LogP contribution in [0.25, 0.3) is 12.2 Å². The molecule has 0 fully saturated rings. The normalized spacial score (nSPS) is 10.6. The first-order valence-corrected chi connectivity index (χ1v) is 14.3. The molecule has 0 amide bonds. The number of methoxy groups -OCH3 is 4. The molecule has 0 heterocycles. The van der Waals surface area contributed by atoms with Gasteiger partial charge in [0.15, 0.2) is 11.6 Å². The van der Waals surface area contributed by atoms with Gasteiger partial charge in [0, 0.05) is 43.3 Å². The Morgan fingerprint density at radius 2 is 0.929 bits per heavy atom. The SMILES string of the molecule is COc1ccc(/C=C/C(=O)c2ccccc2Br)c(OC)c1.COc1ccc(/C=C/C(=O)c2ccccc2Br)c(OC)c1. The minimum atomic E-state index is -0.0691. The molecule has 8 heteroatoms. The van der Waals surface area contributed by atoms with Gasteiger partial charge in [0.05, 0.1) is 28.4 Å². The van der Waals surface area contributed by atoms with Crippen molar-refractivity contribution in [2.24, 2.45) is 0 Å². The Hall–Kier alpha value is -4.14. The minimum absolute atomic E-state index is 0.0691. The number of rotatable bonds is 10. The van der Waals surface area contributed by atoms with E-state index >= 15 is 0 Å². The second-order valence-electron chi connectivity index (χ2n) is 8.57. The molecule has 0 aromatic heterocycles. The van der Waals surface area contributed by atoms with E-state index in [1.807, 2.05) is 60.7 Å². The molecule has 4 rings (SSSR count). The number of hydrogen-bond acceptors (Lipinski definition) is 6. The van der Waals surface area contributed by atoms with Gasteiger partial charge in [0.25, 0.3) is 0 Å². The molecule has 0 aliphatic heterocycles.